The molecule has 1 aliphatic carbocycles. The van der Waals surface area contributed by atoms with Crippen LogP contribution < -0.4 is 27.0 Å². The number of hydrogen-bond acceptors (Lipinski definition) is 4. The minimum atomic E-state index is -4.59. The molecule has 2 unspecified atom stereocenters. The van der Waals surface area contributed by atoms with E-state index in [0.717, 1.165) is 17.2 Å². The van der Waals surface area contributed by atoms with Crippen molar-refractivity contribution < 1.29 is 27.6 Å². The van der Waals surface area contributed by atoms with E-state index in [1.807, 2.05) is 58.9 Å². The smallest absolute Gasteiger partial charge is 0.392 e. The molecule has 0 saturated heterocycles. The number of halogens is 3. The van der Waals surface area contributed by atoms with Crippen molar-refractivity contribution in [2.45, 2.75) is 97.1 Å². The fraction of sp³-hybridized carbons (Fsp3) is 0.486. The monoisotopic (exact) mass is 686 g/mol. The molecule has 4 rings (SSSR count). The highest BCUT2D eigenvalue weighted by Gasteiger charge is 2.47. The van der Waals surface area contributed by atoms with Crippen LogP contribution in [0.5, 0.6) is 0 Å². The lowest BCUT2D eigenvalue weighted by Crippen LogP contribution is -2.67. The van der Waals surface area contributed by atoms with Crippen molar-refractivity contribution in [3.05, 3.63) is 70.4 Å². The Labute approximate surface area is 284 Å². The van der Waals surface area contributed by atoms with Crippen molar-refractivity contribution in [3.8, 4) is 0 Å². The van der Waals surface area contributed by atoms with Gasteiger partial charge in [0.05, 0.1) is 22.1 Å². The minimum Gasteiger partial charge on any atom is -0.392 e. The number of aromatic amines is 1. The van der Waals surface area contributed by atoms with Gasteiger partial charge in [-0.05, 0) is 48.8 Å². The zero-order valence-electron chi connectivity index (χ0n) is 27.9. The Morgan fingerprint density at radius 3 is 2.25 bits per heavy atom. The first-order chi connectivity index (χ1) is 22.6. The van der Waals surface area contributed by atoms with E-state index in [9.17, 15) is 27.6 Å². The zero-order chi connectivity index (χ0) is 35.4. The second-order valence-electron chi connectivity index (χ2n) is 13.0. The number of H-pyrrole nitrogens is 1. The van der Waals surface area contributed by atoms with Gasteiger partial charge in [0.2, 0.25) is 11.8 Å². The lowest BCUT2D eigenvalue weighted by molar-refractivity contribution is -0.136. The average molecular weight is 687 g/mol. The fourth-order valence-corrected chi connectivity index (χ4v) is 6.46. The van der Waals surface area contributed by atoms with Crippen LogP contribution in [0.15, 0.2) is 42.5 Å². The number of urea groups is 1. The Hall–Kier alpha value is -4.13. The number of amides is 4. The van der Waals surface area contributed by atoms with E-state index in [0.29, 0.717) is 29.5 Å². The van der Waals surface area contributed by atoms with Gasteiger partial charge in [-0.15, -0.1) is 0 Å². The summed E-state index contributed by atoms with van der Waals surface area (Å²) in [5.74, 6) is -1.57. The molecule has 1 heterocycles. The molecule has 0 aliphatic heterocycles. The van der Waals surface area contributed by atoms with Crippen LogP contribution in [0, 0.1) is 18.8 Å². The molecule has 0 radical (unpaired) electrons. The van der Waals surface area contributed by atoms with Crippen molar-refractivity contribution in [1.82, 2.24) is 26.3 Å². The number of alkyl halides is 3. The molecular weight excluding hydrogens is 641 g/mol. The highest BCUT2D eigenvalue weighted by Crippen LogP contribution is 2.40. The number of aromatic nitrogens is 1. The summed E-state index contributed by atoms with van der Waals surface area (Å²) in [6, 6.07) is 9.35. The molecule has 9 nitrogen and oxygen atoms in total. The van der Waals surface area contributed by atoms with Crippen LogP contribution in [0.3, 0.4) is 0 Å². The van der Waals surface area contributed by atoms with Gasteiger partial charge in [-0.2, -0.15) is 13.2 Å². The number of rotatable bonds is 12. The van der Waals surface area contributed by atoms with Gasteiger partial charge in [0.1, 0.15) is 11.6 Å². The number of para-hydroxylation sites is 1. The summed E-state index contributed by atoms with van der Waals surface area (Å²) in [7, 11) is 0. The Kier molecular flexibility index (Phi) is 11.4. The van der Waals surface area contributed by atoms with Crippen LogP contribution in [-0.2, 0) is 35.2 Å². The average Bonchev–Trinajstić information content (AvgIpc) is 3.41. The van der Waals surface area contributed by atoms with Gasteiger partial charge in [-0.1, -0.05) is 94.7 Å². The number of benzene rings is 2. The van der Waals surface area contributed by atoms with Crippen LogP contribution in [0.25, 0.3) is 10.9 Å². The number of carbonyl (C=O) groups is 3. The van der Waals surface area contributed by atoms with Crippen molar-refractivity contribution >= 4 is 46.0 Å². The maximum absolute atomic E-state index is 14.3. The largest absolute Gasteiger partial charge is 0.418 e. The normalized spacial score (nSPS) is 18.6. The van der Waals surface area contributed by atoms with Gasteiger partial charge in [0, 0.05) is 24.0 Å². The van der Waals surface area contributed by atoms with Gasteiger partial charge >= 0.3 is 12.2 Å². The van der Waals surface area contributed by atoms with Crippen molar-refractivity contribution in [2.75, 3.05) is 0 Å². The molecule has 48 heavy (non-hydrogen) atoms. The molecule has 260 valence electrons. The van der Waals surface area contributed by atoms with E-state index in [4.69, 9.17) is 18.0 Å². The molecule has 0 saturated carbocycles. The van der Waals surface area contributed by atoms with E-state index in [2.05, 4.69) is 26.3 Å². The first-order valence-corrected chi connectivity index (χ1v) is 16.7. The minimum absolute atomic E-state index is 0.0671. The highest BCUT2D eigenvalue weighted by molar-refractivity contribution is 7.80. The van der Waals surface area contributed by atoms with Crippen molar-refractivity contribution in [2.24, 2.45) is 17.6 Å². The number of thiocarbonyl (C=S) groups is 1. The number of nitrogens with one attached hydrogen (secondary N) is 5. The third-order valence-corrected chi connectivity index (χ3v) is 9.83. The van der Waals surface area contributed by atoms with Crippen LogP contribution in [0.2, 0.25) is 0 Å². The van der Waals surface area contributed by atoms with Gasteiger partial charge in [0.25, 0.3) is 0 Å². The van der Waals surface area contributed by atoms with Crippen LogP contribution >= 0.6 is 12.2 Å². The number of nitrogens with two attached hydrogens (primary N) is 1. The summed E-state index contributed by atoms with van der Waals surface area (Å²) in [4.78, 5) is 44.5. The number of hydrogen-bond donors (Lipinski definition) is 6. The third-order valence-electron chi connectivity index (χ3n) is 9.57. The Bertz CT molecular complexity index is 1660. The summed E-state index contributed by atoms with van der Waals surface area (Å²) in [5, 5.41) is 11.8. The molecule has 7 N–H and O–H groups in total. The summed E-state index contributed by atoms with van der Waals surface area (Å²) >= 11 is 5.28. The van der Waals surface area contributed by atoms with E-state index in [-0.39, 0.29) is 48.1 Å². The Morgan fingerprint density at radius 2 is 1.65 bits per heavy atom. The van der Waals surface area contributed by atoms with Crippen molar-refractivity contribution in [1.29, 1.82) is 0 Å². The predicted molar refractivity (Wildman–Crippen MR) is 184 cm³/mol. The zero-order valence-corrected chi connectivity index (χ0v) is 28.8. The van der Waals surface area contributed by atoms with Crippen LogP contribution in [0.4, 0.5) is 18.0 Å². The molecule has 5 atom stereocenters. The second kappa shape index (κ2) is 15.0. The van der Waals surface area contributed by atoms with Gasteiger partial charge in [0.15, 0.2) is 0 Å². The molecule has 2 aromatic carbocycles. The molecule has 3 aromatic rings. The number of aryl methyl sites for hydroxylation is 2. The number of fused-ring (bicyclic) bond motifs is 3. The molecule has 0 fully saturated rings. The lowest BCUT2D eigenvalue weighted by atomic mass is 9.78. The lowest BCUT2D eigenvalue weighted by Gasteiger charge is -2.40. The summed E-state index contributed by atoms with van der Waals surface area (Å²) in [6.07, 6.45) is -3.20. The molecular formula is C35H45F3N6O3S. The third kappa shape index (κ3) is 8.11. The van der Waals surface area contributed by atoms with Gasteiger partial charge in [-0.25, -0.2) is 4.79 Å². The second-order valence-corrected chi connectivity index (χ2v) is 13.4. The summed E-state index contributed by atoms with van der Waals surface area (Å²) < 4.78 is 41.8. The molecule has 4 amide bonds. The molecule has 0 bridgehead atoms. The number of carbonyl (C=O) groups excluding carboxylic acids is 3. The standard InChI is InChI=1S/C35H45F3N6O3S/c1-6-20(4)27(30(39)48)42-32(46)34(16-15-26-24(17-34)23-9-8-10-25(29(23)41-26)35(36,37)38)44-31(45)28(21(5)7-2)43-33(47)40-18-22-13-11-19(3)12-14-22/h8-14,20-21,27-28,41H,6-7,15-18H2,1-5H3,(H2,39,48)(H,42,46)(H,44,45)(H2,40,43,47)/t20?,21?,27-,28-,34+/m0/s1. The highest BCUT2D eigenvalue weighted by atomic mass is 32.1. The topological polar surface area (TPSA) is 141 Å². The van der Waals surface area contributed by atoms with E-state index in [1.54, 1.807) is 6.07 Å². The molecule has 1 aliphatic rings. The maximum Gasteiger partial charge on any atom is 0.418 e. The summed E-state index contributed by atoms with van der Waals surface area (Å²) in [6.45, 7) is 9.74. The first kappa shape index (κ1) is 36.7. The van der Waals surface area contributed by atoms with E-state index < -0.39 is 47.2 Å². The van der Waals surface area contributed by atoms with Crippen LogP contribution in [0.1, 0.15) is 74.9 Å². The van der Waals surface area contributed by atoms with Crippen molar-refractivity contribution in [3.63, 3.8) is 0 Å². The van der Waals surface area contributed by atoms with Crippen LogP contribution in [-0.4, -0.2) is 45.4 Å². The predicted octanol–water partition coefficient (Wildman–Crippen LogP) is 5.57. The van der Waals surface area contributed by atoms with Gasteiger partial charge < -0.3 is 32.0 Å². The molecule has 0 spiro atoms. The SMILES string of the molecule is CCC(C)[C@H](NC(=O)NCc1ccc(C)cc1)C(=O)N[C@]1(C(=O)N[C@H](C(N)=S)C(C)CC)CCc2[nH]c3c(C(F)(F)F)cccc3c2C1. The maximum atomic E-state index is 14.3. The molecule has 1 aromatic heterocycles. The summed E-state index contributed by atoms with van der Waals surface area (Å²) in [5.41, 5.74) is 6.63. The fourth-order valence-electron chi connectivity index (χ4n) is 6.17. The van der Waals surface area contributed by atoms with E-state index >= 15 is 0 Å². The quantitative estimate of drug-likeness (QED) is 0.138. The van der Waals surface area contributed by atoms with Gasteiger partial charge in [-0.3, -0.25) is 9.59 Å². The molecule has 13 heteroatoms. The van der Waals surface area contributed by atoms with E-state index in [1.165, 1.54) is 6.07 Å². The first-order valence-electron chi connectivity index (χ1n) is 16.3. The Balaban J connectivity index is 1.68. The Morgan fingerprint density at radius 1 is 1.00 bits per heavy atom.